The van der Waals surface area contributed by atoms with E-state index in [4.69, 9.17) is 22.1 Å². The van der Waals surface area contributed by atoms with Crippen molar-refractivity contribution in [3.05, 3.63) is 65.2 Å². The molecule has 6 atom stereocenters. The van der Waals surface area contributed by atoms with Crippen molar-refractivity contribution in [3.8, 4) is 0 Å². The van der Waals surface area contributed by atoms with Gasteiger partial charge < -0.3 is 36.6 Å². The van der Waals surface area contributed by atoms with Gasteiger partial charge in [0, 0.05) is 17.6 Å². The Bertz CT molecular complexity index is 1810. The van der Waals surface area contributed by atoms with Gasteiger partial charge in [-0.25, -0.2) is 13.7 Å². The molecule has 1 saturated carbocycles. The number of Topliss-reactive ketones (excluding diaryl/α,β-unsaturated/α-hetero) is 1. The number of halogens is 1. The van der Waals surface area contributed by atoms with E-state index in [1.807, 2.05) is 13.8 Å². The molecule has 2 fully saturated rings. The number of primary amides is 1. The predicted molar refractivity (Wildman–Crippen MR) is 216 cm³/mol. The van der Waals surface area contributed by atoms with Crippen LogP contribution in [0, 0.1) is 11.8 Å². The molecule has 2 aromatic rings. The number of hydrogen-bond donors (Lipinski definition) is 6. The van der Waals surface area contributed by atoms with E-state index in [1.54, 1.807) is 55.5 Å². The molecule has 0 spiro atoms. The standard InChI is InChI=1S/C40H54ClN7O9S/c1-4-12-30(35(50)38(53)43-21-32(49)45-33(36(42)51)25-13-7-5-8-14-25)44-37(52)31-20-28(47-58(56)29-18-11-17-27(41)19-29)22-48(31)39(54)34(26-15-9-6-10-16-26)46-40(55)57-23-24(2)3/h5,7-8,11,13-14,17-19,24,26,28,30-31,33-34,47H,4,6,9-10,12,15-16,20-23H2,1-3H3,(H2,42,51)(H,43,53)(H,44,52)(H,45,49)(H,46,55)/t28-,30?,31?,33+,34+,58?/m1/s1. The first kappa shape index (κ1) is 45.8. The van der Waals surface area contributed by atoms with E-state index in [0.717, 1.165) is 19.3 Å². The van der Waals surface area contributed by atoms with Gasteiger partial charge in [-0.05, 0) is 61.3 Å². The van der Waals surface area contributed by atoms with Crippen LogP contribution in [0.4, 0.5) is 4.79 Å². The maximum atomic E-state index is 14.5. The number of nitrogens with one attached hydrogen (secondary N) is 5. The van der Waals surface area contributed by atoms with Crippen LogP contribution in [0.5, 0.6) is 0 Å². The van der Waals surface area contributed by atoms with Crippen molar-refractivity contribution >= 4 is 64.0 Å². The summed E-state index contributed by atoms with van der Waals surface area (Å²) >= 11 is 6.13. The van der Waals surface area contributed by atoms with Gasteiger partial charge in [0.05, 0.1) is 24.1 Å². The largest absolute Gasteiger partial charge is 0.449 e. The third kappa shape index (κ3) is 13.3. The van der Waals surface area contributed by atoms with Gasteiger partial charge in [0.2, 0.25) is 29.4 Å². The van der Waals surface area contributed by atoms with Crippen LogP contribution in [0.25, 0.3) is 0 Å². The zero-order chi connectivity index (χ0) is 42.4. The Labute approximate surface area is 346 Å². The number of alkyl carbamates (subject to hydrolysis) is 1. The lowest BCUT2D eigenvalue weighted by Gasteiger charge is -2.34. The quantitative estimate of drug-likeness (QED) is 0.114. The van der Waals surface area contributed by atoms with Crippen molar-refractivity contribution < 1.29 is 42.5 Å². The lowest BCUT2D eigenvalue weighted by atomic mass is 9.83. The number of carbonyl (C=O) groups is 7. The molecule has 4 rings (SSSR count). The maximum Gasteiger partial charge on any atom is 0.407 e. The summed E-state index contributed by atoms with van der Waals surface area (Å²) in [6.07, 6.45) is 3.69. The molecule has 1 aliphatic heterocycles. The third-order valence-electron chi connectivity index (χ3n) is 9.95. The van der Waals surface area contributed by atoms with E-state index in [9.17, 15) is 37.8 Å². The molecular formula is C40H54ClN7O9S. The van der Waals surface area contributed by atoms with Crippen molar-refractivity contribution in [2.45, 2.75) is 107 Å². The van der Waals surface area contributed by atoms with Gasteiger partial charge in [0.25, 0.3) is 5.91 Å². The number of nitrogens with zero attached hydrogens (tertiary/aromatic N) is 1. The zero-order valence-corrected chi connectivity index (χ0v) is 34.6. The van der Waals surface area contributed by atoms with Gasteiger partial charge in [-0.3, -0.25) is 28.8 Å². The van der Waals surface area contributed by atoms with Crippen molar-refractivity contribution in [1.82, 2.24) is 30.9 Å². The van der Waals surface area contributed by atoms with Crippen LogP contribution in [-0.2, 0) is 44.5 Å². The minimum absolute atomic E-state index is 0.0130. The molecule has 0 bridgehead atoms. The van der Waals surface area contributed by atoms with E-state index in [-0.39, 0.29) is 37.8 Å². The summed E-state index contributed by atoms with van der Waals surface area (Å²) in [6.45, 7) is 4.93. The second kappa shape index (κ2) is 22.3. The Hall–Kier alpha value is -4.87. The number of amides is 6. The van der Waals surface area contributed by atoms with Gasteiger partial charge in [-0.2, -0.15) is 0 Å². The Morgan fingerprint density at radius 1 is 0.948 bits per heavy atom. The average molecular weight is 844 g/mol. The molecule has 0 radical (unpaired) electrons. The lowest BCUT2D eigenvalue weighted by Crippen LogP contribution is -2.58. The highest BCUT2D eigenvalue weighted by Crippen LogP contribution is 2.30. The van der Waals surface area contributed by atoms with Gasteiger partial charge in [0.15, 0.2) is 0 Å². The Morgan fingerprint density at radius 3 is 2.29 bits per heavy atom. The van der Waals surface area contributed by atoms with Crippen molar-refractivity contribution in [3.63, 3.8) is 0 Å². The number of benzene rings is 2. The second-order valence-corrected chi connectivity index (χ2v) is 16.7. The Kier molecular flexibility index (Phi) is 17.6. The highest BCUT2D eigenvalue weighted by atomic mass is 35.5. The smallest absolute Gasteiger partial charge is 0.407 e. The minimum atomic E-state index is -1.78. The van der Waals surface area contributed by atoms with Crippen LogP contribution < -0.4 is 31.7 Å². The highest BCUT2D eigenvalue weighted by molar-refractivity contribution is 7.83. The van der Waals surface area contributed by atoms with Gasteiger partial charge in [-0.15, -0.1) is 0 Å². The molecule has 316 valence electrons. The highest BCUT2D eigenvalue weighted by Gasteiger charge is 2.45. The molecular weight excluding hydrogens is 790 g/mol. The first-order valence-corrected chi connectivity index (χ1v) is 21.1. The second-order valence-electron chi connectivity index (χ2n) is 15.0. The van der Waals surface area contributed by atoms with Crippen LogP contribution in [0.2, 0.25) is 5.02 Å². The molecule has 2 aromatic carbocycles. The van der Waals surface area contributed by atoms with Crippen LogP contribution in [0.1, 0.15) is 83.7 Å². The number of hydrogen-bond acceptors (Lipinski definition) is 9. The minimum Gasteiger partial charge on any atom is -0.449 e. The third-order valence-corrected chi connectivity index (χ3v) is 11.4. The van der Waals surface area contributed by atoms with Crippen molar-refractivity contribution in [1.29, 1.82) is 0 Å². The monoisotopic (exact) mass is 843 g/mol. The van der Waals surface area contributed by atoms with E-state index in [1.165, 1.54) is 11.0 Å². The van der Waals surface area contributed by atoms with E-state index in [2.05, 4.69) is 26.0 Å². The first-order valence-electron chi connectivity index (χ1n) is 19.6. The summed E-state index contributed by atoms with van der Waals surface area (Å²) < 4.78 is 21.7. The molecule has 0 aromatic heterocycles. The number of carbonyl (C=O) groups excluding carboxylic acids is 7. The normalized spacial score (nSPS) is 18.9. The van der Waals surface area contributed by atoms with Crippen LogP contribution >= 0.6 is 11.6 Å². The number of ketones is 1. The first-order chi connectivity index (χ1) is 27.7. The Morgan fingerprint density at radius 2 is 1.66 bits per heavy atom. The van der Waals surface area contributed by atoms with E-state index in [0.29, 0.717) is 34.7 Å². The molecule has 16 nitrogen and oxygen atoms in total. The molecule has 3 unspecified atom stereocenters. The van der Waals surface area contributed by atoms with E-state index < -0.39 is 89.2 Å². The molecule has 1 aliphatic carbocycles. The summed E-state index contributed by atoms with van der Waals surface area (Å²) in [4.78, 5) is 94.7. The predicted octanol–water partition coefficient (Wildman–Crippen LogP) is 2.57. The topological polar surface area (TPSA) is 235 Å². The van der Waals surface area contributed by atoms with Crippen LogP contribution in [0.3, 0.4) is 0 Å². The summed E-state index contributed by atoms with van der Waals surface area (Å²) in [5.74, 6) is -5.23. The fourth-order valence-electron chi connectivity index (χ4n) is 7.06. The average Bonchev–Trinajstić information content (AvgIpc) is 3.63. The Balaban J connectivity index is 1.52. The number of likely N-dealkylation sites (tertiary alicyclic amines) is 1. The number of rotatable bonds is 19. The molecule has 1 saturated heterocycles. The summed E-state index contributed by atoms with van der Waals surface area (Å²) in [7, 11) is -1.78. The van der Waals surface area contributed by atoms with Crippen LogP contribution in [-0.4, -0.2) is 94.4 Å². The molecule has 58 heavy (non-hydrogen) atoms. The van der Waals surface area contributed by atoms with Gasteiger partial charge in [-0.1, -0.05) is 94.5 Å². The summed E-state index contributed by atoms with van der Waals surface area (Å²) in [6, 6.07) is 9.31. The van der Waals surface area contributed by atoms with E-state index >= 15 is 0 Å². The lowest BCUT2D eigenvalue weighted by molar-refractivity contribution is -0.143. The zero-order valence-electron chi connectivity index (χ0n) is 33.0. The van der Waals surface area contributed by atoms with Crippen LogP contribution in [0.15, 0.2) is 59.5 Å². The summed E-state index contributed by atoms with van der Waals surface area (Å²) in [5, 5.41) is 10.5. The van der Waals surface area contributed by atoms with Gasteiger partial charge in [0.1, 0.15) is 29.1 Å². The SMILES string of the molecule is CCCC(NC(=O)C1C[C@@H](NS(=O)c2cccc(Cl)c2)CN1C(=O)[C@@H](NC(=O)OCC(C)C)C1CCCCC1)C(=O)C(=O)NCC(=O)N[C@H](C(N)=O)c1ccccc1. The molecule has 1 heterocycles. The molecule has 18 heteroatoms. The maximum absolute atomic E-state index is 14.5. The van der Waals surface area contributed by atoms with Crippen molar-refractivity contribution in [2.75, 3.05) is 19.7 Å². The fourth-order valence-corrected chi connectivity index (χ4v) is 8.36. The number of ether oxygens (including phenoxy) is 1. The molecule has 6 amide bonds. The number of nitrogens with two attached hydrogens (primary N) is 1. The molecule has 7 N–H and O–H groups in total. The summed E-state index contributed by atoms with van der Waals surface area (Å²) in [5.41, 5.74) is 5.90. The van der Waals surface area contributed by atoms with Gasteiger partial charge >= 0.3 is 6.09 Å². The van der Waals surface area contributed by atoms with Crippen molar-refractivity contribution in [2.24, 2.45) is 17.6 Å². The molecule has 2 aliphatic rings. The fraction of sp³-hybridized carbons (Fsp3) is 0.525.